The third-order valence-electron chi connectivity index (χ3n) is 2.79. The molecule has 0 radical (unpaired) electrons. The Kier molecular flexibility index (Phi) is 3.10. The van der Waals surface area contributed by atoms with E-state index in [9.17, 15) is 0 Å². The average molecular weight is 251 g/mol. The van der Waals surface area contributed by atoms with Crippen LogP contribution in [0.1, 0.15) is 5.56 Å². The summed E-state index contributed by atoms with van der Waals surface area (Å²) in [5.74, 6) is 0. The van der Waals surface area contributed by atoms with Crippen LogP contribution in [-0.4, -0.2) is 21.4 Å². The number of H-pyrrole nitrogens is 2. The molecule has 1 aliphatic heterocycles. The summed E-state index contributed by atoms with van der Waals surface area (Å²) >= 11 is 0. The number of hydrogen-bond donors (Lipinski definition) is 3. The SMILES string of the molecule is C1=Cc2ccc3[nH]ccc3c2NN=C1.c1cn[nH]c1. The molecule has 0 atom stereocenters. The summed E-state index contributed by atoms with van der Waals surface area (Å²) in [5.41, 5.74) is 6.39. The zero-order valence-corrected chi connectivity index (χ0v) is 10.2. The number of anilines is 1. The molecule has 5 heteroatoms. The lowest BCUT2D eigenvalue weighted by Crippen LogP contribution is -1.90. The molecule has 0 bridgehead atoms. The van der Waals surface area contributed by atoms with Gasteiger partial charge < -0.3 is 4.98 Å². The van der Waals surface area contributed by atoms with Crippen LogP contribution in [0.3, 0.4) is 0 Å². The maximum Gasteiger partial charge on any atom is 0.0727 e. The minimum atomic E-state index is 1.06. The molecule has 1 aliphatic rings. The molecule has 0 saturated carbocycles. The van der Waals surface area contributed by atoms with Crippen molar-refractivity contribution >= 4 is 28.9 Å². The summed E-state index contributed by atoms with van der Waals surface area (Å²) in [7, 11) is 0. The quantitative estimate of drug-likeness (QED) is 0.575. The first kappa shape index (κ1) is 11.3. The summed E-state index contributed by atoms with van der Waals surface area (Å²) < 4.78 is 0. The Morgan fingerprint density at radius 1 is 1.05 bits per heavy atom. The molecule has 1 aromatic carbocycles. The van der Waals surface area contributed by atoms with Crippen LogP contribution in [0.2, 0.25) is 0 Å². The van der Waals surface area contributed by atoms with E-state index < -0.39 is 0 Å². The van der Waals surface area contributed by atoms with Crippen molar-refractivity contribution in [3.63, 3.8) is 0 Å². The molecule has 3 heterocycles. The molecule has 2 aromatic heterocycles. The van der Waals surface area contributed by atoms with Gasteiger partial charge in [-0.25, -0.2) is 0 Å². The van der Waals surface area contributed by atoms with Gasteiger partial charge in [-0.1, -0.05) is 12.1 Å². The molecule has 5 nitrogen and oxygen atoms in total. The third kappa shape index (κ3) is 2.40. The van der Waals surface area contributed by atoms with E-state index in [0.717, 1.165) is 16.8 Å². The fourth-order valence-electron chi connectivity index (χ4n) is 1.92. The summed E-state index contributed by atoms with van der Waals surface area (Å²) in [6.45, 7) is 0. The van der Waals surface area contributed by atoms with E-state index in [4.69, 9.17) is 0 Å². The summed E-state index contributed by atoms with van der Waals surface area (Å²) in [4.78, 5) is 3.17. The van der Waals surface area contributed by atoms with E-state index in [2.05, 4.69) is 43.9 Å². The first-order valence-corrected chi connectivity index (χ1v) is 5.95. The Bertz CT molecular complexity index is 689. The zero-order valence-electron chi connectivity index (χ0n) is 10.2. The van der Waals surface area contributed by atoms with E-state index in [1.807, 2.05) is 24.4 Å². The topological polar surface area (TPSA) is 68.9 Å². The van der Waals surface area contributed by atoms with Gasteiger partial charge in [0.2, 0.25) is 0 Å². The number of benzene rings is 1. The van der Waals surface area contributed by atoms with Crippen LogP contribution in [0.5, 0.6) is 0 Å². The molecule has 3 aromatic rings. The number of nitrogens with one attached hydrogen (secondary N) is 3. The fourth-order valence-corrected chi connectivity index (χ4v) is 1.92. The van der Waals surface area contributed by atoms with Crippen LogP contribution in [-0.2, 0) is 0 Å². The molecule has 94 valence electrons. The van der Waals surface area contributed by atoms with Crippen molar-refractivity contribution in [3.05, 3.63) is 54.5 Å². The summed E-state index contributed by atoms with van der Waals surface area (Å²) in [5, 5.41) is 11.4. The molecular formula is C14H13N5. The second-order valence-corrected chi connectivity index (χ2v) is 3.98. The van der Waals surface area contributed by atoms with E-state index in [1.165, 1.54) is 5.39 Å². The average Bonchev–Trinajstić information content (AvgIpc) is 3.09. The lowest BCUT2D eigenvalue weighted by Gasteiger charge is -2.05. The van der Waals surface area contributed by atoms with Gasteiger partial charge in [-0.2, -0.15) is 10.2 Å². The minimum Gasteiger partial charge on any atom is -0.361 e. The van der Waals surface area contributed by atoms with Crippen LogP contribution in [0.15, 0.2) is 54.0 Å². The Labute approximate surface area is 110 Å². The molecule has 19 heavy (non-hydrogen) atoms. The maximum absolute atomic E-state index is 4.07. The molecule has 0 fully saturated rings. The third-order valence-corrected chi connectivity index (χ3v) is 2.79. The van der Waals surface area contributed by atoms with E-state index in [0.29, 0.717) is 0 Å². The fraction of sp³-hybridized carbons (Fsp3) is 0. The molecular weight excluding hydrogens is 238 g/mol. The zero-order chi connectivity index (χ0) is 12.9. The second kappa shape index (κ2) is 5.22. The normalized spacial score (nSPS) is 12.2. The molecule has 4 rings (SSSR count). The van der Waals surface area contributed by atoms with Gasteiger partial charge in [-0.05, 0) is 24.3 Å². The molecule has 0 aliphatic carbocycles. The van der Waals surface area contributed by atoms with Crippen molar-refractivity contribution in [1.82, 2.24) is 15.2 Å². The van der Waals surface area contributed by atoms with Crippen molar-refractivity contribution in [1.29, 1.82) is 0 Å². The molecule has 3 N–H and O–H groups in total. The number of aromatic amines is 2. The number of allylic oxidation sites excluding steroid dienone is 1. The van der Waals surface area contributed by atoms with Crippen LogP contribution in [0, 0.1) is 0 Å². The highest BCUT2D eigenvalue weighted by atomic mass is 15.3. The van der Waals surface area contributed by atoms with Gasteiger partial charge >= 0.3 is 0 Å². The largest absolute Gasteiger partial charge is 0.361 e. The lowest BCUT2D eigenvalue weighted by atomic mass is 10.1. The number of hydrogen-bond acceptors (Lipinski definition) is 3. The maximum atomic E-state index is 4.07. The van der Waals surface area contributed by atoms with Crippen molar-refractivity contribution in [3.8, 4) is 0 Å². The Balaban J connectivity index is 0.000000187. The molecule has 0 unspecified atom stereocenters. The first-order valence-electron chi connectivity index (χ1n) is 5.95. The Morgan fingerprint density at radius 3 is 2.84 bits per heavy atom. The van der Waals surface area contributed by atoms with Gasteiger partial charge in [-0.15, -0.1) is 0 Å². The van der Waals surface area contributed by atoms with Gasteiger partial charge in [-0.3, -0.25) is 10.5 Å². The Hall–Kier alpha value is -2.82. The highest BCUT2D eigenvalue weighted by molar-refractivity contribution is 5.98. The predicted molar refractivity (Wildman–Crippen MR) is 78.0 cm³/mol. The molecule has 0 saturated heterocycles. The van der Waals surface area contributed by atoms with Crippen molar-refractivity contribution in [2.24, 2.45) is 5.10 Å². The predicted octanol–water partition coefficient (Wildman–Crippen LogP) is 3.00. The highest BCUT2D eigenvalue weighted by Gasteiger charge is 2.06. The second-order valence-electron chi connectivity index (χ2n) is 3.98. The monoisotopic (exact) mass is 251 g/mol. The van der Waals surface area contributed by atoms with Crippen LogP contribution in [0.25, 0.3) is 17.0 Å². The van der Waals surface area contributed by atoms with E-state index >= 15 is 0 Å². The van der Waals surface area contributed by atoms with Crippen LogP contribution < -0.4 is 5.43 Å². The van der Waals surface area contributed by atoms with Crippen molar-refractivity contribution in [2.75, 3.05) is 5.43 Å². The van der Waals surface area contributed by atoms with Crippen LogP contribution >= 0.6 is 0 Å². The van der Waals surface area contributed by atoms with E-state index in [-0.39, 0.29) is 0 Å². The molecule has 0 spiro atoms. The minimum absolute atomic E-state index is 1.06. The standard InChI is InChI=1S/C11H9N3.C3H4N2/c1-2-8-3-4-10-9(5-7-12-10)11(8)14-13-6-1;1-2-4-5-3-1/h1-7,12,14H;1-3H,(H,4,5). The van der Waals surface area contributed by atoms with Crippen molar-refractivity contribution in [2.45, 2.75) is 0 Å². The number of aromatic nitrogens is 3. The smallest absolute Gasteiger partial charge is 0.0727 e. The van der Waals surface area contributed by atoms with Crippen LogP contribution in [0.4, 0.5) is 5.69 Å². The summed E-state index contributed by atoms with van der Waals surface area (Å²) in [6, 6.07) is 8.04. The summed E-state index contributed by atoms with van der Waals surface area (Å²) in [6.07, 6.45) is 11.1. The number of fused-ring (bicyclic) bond motifs is 3. The molecule has 0 amide bonds. The van der Waals surface area contributed by atoms with Gasteiger partial charge in [0.1, 0.15) is 0 Å². The van der Waals surface area contributed by atoms with Gasteiger partial charge in [0.15, 0.2) is 0 Å². The Morgan fingerprint density at radius 2 is 2.05 bits per heavy atom. The van der Waals surface area contributed by atoms with Gasteiger partial charge in [0, 0.05) is 41.3 Å². The van der Waals surface area contributed by atoms with Gasteiger partial charge in [0.05, 0.1) is 5.69 Å². The number of hydrazone groups is 1. The van der Waals surface area contributed by atoms with E-state index in [1.54, 1.807) is 18.6 Å². The first-order chi connectivity index (χ1) is 9.45. The number of nitrogens with zero attached hydrogens (tertiary/aromatic N) is 2. The highest BCUT2D eigenvalue weighted by Crippen LogP contribution is 2.28. The number of rotatable bonds is 0. The lowest BCUT2D eigenvalue weighted by molar-refractivity contribution is 1.09. The van der Waals surface area contributed by atoms with Crippen molar-refractivity contribution < 1.29 is 0 Å². The van der Waals surface area contributed by atoms with Gasteiger partial charge in [0.25, 0.3) is 0 Å².